The second-order valence-corrected chi connectivity index (χ2v) is 5.02. The Balaban J connectivity index is 0.00000176. The van der Waals surface area contributed by atoms with E-state index in [1.165, 1.54) is 0 Å². The smallest absolute Gasteiger partial charge is 0.339 e. The summed E-state index contributed by atoms with van der Waals surface area (Å²) in [6.45, 7) is 3.69. The Bertz CT molecular complexity index is 620. The number of aromatic carboxylic acids is 1. The maximum atomic E-state index is 11.4. The van der Waals surface area contributed by atoms with E-state index in [0.29, 0.717) is 31.3 Å². The van der Waals surface area contributed by atoms with Crippen molar-refractivity contribution in [2.24, 2.45) is 0 Å². The van der Waals surface area contributed by atoms with Crippen LogP contribution in [0.5, 0.6) is 0 Å². The van der Waals surface area contributed by atoms with Crippen molar-refractivity contribution in [3.8, 4) is 11.3 Å². The van der Waals surface area contributed by atoms with Gasteiger partial charge in [0.2, 0.25) is 0 Å². The van der Waals surface area contributed by atoms with Crippen LogP contribution in [0.1, 0.15) is 16.1 Å². The van der Waals surface area contributed by atoms with Gasteiger partial charge in [-0.15, -0.1) is 12.4 Å². The van der Waals surface area contributed by atoms with Crippen LogP contribution in [0.4, 0.5) is 0 Å². The van der Waals surface area contributed by atoms with Crippen LogP contribution in [0.2, 0.25) is 0 Å². The highest BCUT2D eigenvalue weighted by Gasteiger charge is 2.20. The van der Waals surface area contributed by atoms with Gasteiger partial charge in [0.1, 0.15) is 17.1 Å². The first-order chi connectivity index (χ1) is 10.2. The van der Waals surface area contributed by atoms with E-state index in [4.69, 9.17) is 9.15 Å². The number of benzene rings is 1. The van der Waals surface area contributed by atoms with E-state index in [-0.39, 0.29) is 18.0 Å². The molecule has 0 unspecified atom stereocenters. The molecule has 0 radical (unpaired) electrons. The van der Waals surface area contributed by atoms with Crippen LogP contribution in [-0.4, -0.2) is 42.3 Å². The van der Waals surface area contributed by atoms with Gasteiger partial charge < -0.3 is 14.3 Å². The van der Waals surface area contributed by atoms with E-state index in [1.807, 2.05) is 30.3 Å². The molecule has 22 heavy (non-hydrogen) atoms. The van der Waals surface area contributed by atoms with Gasteiger partial charge >= 0.3 is 5.97 Å². The Morgan fingerprint density at radius 1 is 1.18 bits per heavy atom. The average Bonchev–Trinajstić information content (AvgIpc) is 2.93. The van der Waals surface area contributed by atoms with E-state index in [0.717, 1.165) is 18.7 Å². The first-order valence-electron chi connectivity index (χ1n) is 6.95. The van der Waals surface area contributed by atoms with Gasteiger partial charge in [0, 0.05) is 18.7 Å². The van der Waals surface area contributed by atoms with Gasteiger partial charge in [-0.05, 0) is 6.07 Å². The topological polar surface area (TPSA) is 62.9 Å². The van der Waals surface area contributed by atoms with Crippen LogP contribution in [0.15, 0.2) is 40.8 Å². The third-order valence-corrected chi connectivity index (χ3v) is 3.53. The fourth-order valence-corrected chi connectivity index (χ4v) is 2.46. The van der Waals surface area contributed by atoms with Crippen LogP contribution in [0, 0.1) is 0 Å². The van der Waals surface area contributed by atoms with E-state index >= 15 is 0 Å². The minimum atomic E-state index is -0.967. The predicted molar refractivity (Wildman–Crippen MR) is 84.4 cm³/mol. The molecule has 0 aliphatic carbocycles. The van der Waals surface area contributed by atoms with Gasteiger partial charge in [0.25, 0.3) is 0 Å². The second kappa shape index (κ2) is 7.45. The lowest BCUT2D eigenvalue weighted by atomic mass is 10.1. The standard InChI is InChI=1S/C16H17NO4.ClH/c18-16(19)14-10-13(11-17-6-8-20-9-7-17)21-15(14)12-4-2-1-3-5-12;/h1-5,10H,6-9,11H2,(H,18,19);1H. The number of rotatable bonds is 4. The molecule has 6 heteroatoms. The second-order valence-electron chi connectivity index (χ2n) is 5.02. The fraction of sp³-hybridized carbons (Fsp3) is 0.312. The summed E-state index contributed by atoms with van der Waals surface area (Å²) < 4.78 is 11.1. The molecular formula is C16H18ClNO4. The van der Waals surface area contributed by atoms with Crippen LogP contribution >= 0.6 is 12.4 Å². The average molecular weight is 324 g/mol. The zero-order chi connectivity index (χ0) is 14.7. The molecule has 1 saturated heterocycles. The number of halogens is 1. The Labute approximate surface area is 134 Å². The molecule has 2 heterocycles. The highest BCUT2D eigenvalue weighted by Crippen LogP contribution is 2.28. The highest BCUT2D eigenvalue weighted by atomic mass is 35.5. The van der Waals surface area contributed by atoms with E-state index < -0.39 is 5.97 Å². The maximum absolute atomic E-state index is 11.4. The molecule has 1 aliphatic heterocycles. The number of furan rings is 1. The van der Waals surface area contributed by atoms with E-state index in [2.05, 4.69) is 4.90 Å². The van der Waals surface area contributed by atoms with Crippen molar-refractivity contribution in [3.05, 3.63) is 47.7 Å². The van der Waals surface area contributed by atoms with Gasteiger partial charge in [-0.2, -0.15) is 0 Å². The summed E-state index contributed by atoms with van der Waals surface area (Å²) in [5, 5.41) is 9.35. The molecule has 1 fully saturated rings. The predicted octanol–water partition coefficient (Wildman–Crippen LogP) is 2.90. The highest BCUT2D eigenvalue weighted by molar-refractivity contribution is 5.94. The Kier molecular flexibility index (Phi) is 5.60. The molecule has 1 aliphatic rings. The SMILES string of the molecule is Cl.O=C(O)c1cc(CN2CCOCC2)oc1-c1ccccc1. The number of carboxylic acid groups (broad SMARTS) is 1. The number of ether oxygens (including phenoxy) is 1. The van der Waals surface area contributed by atoms with Crippen LogP contribution in [-0.2, 0) is 11.3 Å². The third kappa shape index (κ3) is 3.68. The number of morpholine rings is 1. The molecule has 0 spiro atoms. The lowest BCUT2D eigenvalue weighted by molar-refractivity contribution is 0.0314. The quantitative estimate of drug-likeness (QED) is 0.937. The molecule has 1 N–H and O–H groups in total. The number of hydrogen-bond donors (Lipinski definition) is 1. The van der Waals surface area contributed by atoms with Crippen molar-refractivity contribution < 1.29 is 19.1 Å². The molecule has 0 amide bonds. The van der Waals surface area contributed by atoms with Crippen molar-refractivity contribution in [2.75, 3.05) is 26.3 Å². The summed E-state index contributed by atoms with van der Waals surface area (Å²) in [6, 6.07) is 10.9. The van der Waals surface area contributed by atoms with E-state index in [9.17, 15) is 9.90 Å². The lowest BCUT2D eigenvalue weighted by Gasteiger charge is -2.25. The normalized spacial score (nSPS) is 15.3. The Hall–Kier alpha value is -1.82. The molecule has 1 aromatic carbocycles. The van der Waals surface area contributed by atoms with Crippen LogP contribution in [0.25, 0.3) is 11.3 Å². The monoisotopic (exact) mass is 323 g/mol. The summed E-state index contributed by atoms with van der Waals surface area (Å²) in [4.78, 5) is 13.6. The van der Waals surface area contributed by atoms with Gasteiger partial charge in [-0.1, -0.05) is 30.3 Å². The van der Waals surface area contributed by atoms with Crippen LogP contribution < -0.4 is 0 Å². The lowest BCUT2D eigenvalue weighted by Crippen LogP contribution is -2.35. The largest absolute Gasteiger partial charge is 0.478 e. The summed E-state index contributed by atoms with van der Waals surface area (Å²) in [5.41, 5.74) is 0.993. The summed E-state index contributed by atoms with van der Waals surface area (Å²) >= 11 is 0. The van der Waals surface area contributed by atoms with Crippen molar-refractivity contribution in [1.82, 2.24) is 4.90 Å². The third-order valence-electron chi connectivity index (χ3n) is 3.53. The van der Waals surface area contributed by atoms with Gasteiger partial charge in [-0.3, -0.25) is 4.90 Å². The van der Waals surface area contributed by atoms with Crippen molar-refractivity contribution >= 4 is 18.4 Å². The minimum Gasteiger partial charge on any atom is -0.478 e. The van der Waals surface area contributed by atoms with Gasteiger partial charge in [-0.25, -0.2) is 4.79 Å². The van der Waals surface area contributed by atoms with Gasteiger partial charge in [0.05, 0.1) is 19.8 Å². The molecule has 0 atom stereocenters. The first-order valence-corrected chi connectivity index (χ1v) is 6.95. The number of nitrogens with zero attached hydrogens (tertiary/aromatic N) is 1. The van der Waals surface area contributed by atoms with Crippen molar-refractivity contribution in [2.45, 2.75) is 6.54 Å². The zero-order valence-corrected chi connectivity index (χ0v) is 12.8. The molecule has 2 aromatic rings. The molecule has 1 aromatic heterocycles. The zero-order valence-electron chi connectivity index (χ0n) is 12.0. The Morgan fingerprint density at radius 3 is 2.50 bits per heavy atom. The molecule has 0 saturated carbocycles. The molecule has 3 rings (SSSR count). The number of carboxylic acids is 1. The fourth-order valence-electron chi connectivity index (χ4n) is 2.46. The molecule has 118 valence electrons. The van der Waals surface area contributed by atoms with Gasteiger partial charge in [0.15, 0.2) is 0 Å². The maximum Gasteiger partial charge on any atom is 0.339 e. The first kappa shape index (κ1) is 16.5. The molecule has 5 nitrogen and oxygen atoms in total. The Morgan fingerprint density at radius 2 is 1.86 bits per heavy atom. The van der Waals surface area contributed by atoms with Crippen molar-refractivity contribution in [1.29, 1.82) is 0 Å². The van der Waals surface area contributed by atoms with Crippen molar-refractivity contribution in [3.63, 3.8) is 0 Å². The van der Waals surface area contributed by atoms with E-state index in [1.54, 1.807) is 6.07 Å². The summed E-state index contributed by atoms with van der Waals surface area (Å²) in [6.07, 6.45) is 0. The molecule has 0 bridgehead atoms. The minimum absolute atomic E-state index is 0. The summed E-state index contributed by atoms with van der Waals surface area (Å²) in [7, 11) is 0. The molecular weight excluding hydrogens is 306 g/mol. The summed E-state index contributed by atoms with van der Waals surface area (Å²) in [5.74, 6) is 0.130. The number of carbonyl (C=O) groups is 1. The van der Waals surface area contributed by atoms with Crippen LogP contribution in [0.3, 0.4) is 0 Å². The number of hydrogen-bond acceptors (Lipinski definition) is 4.